The van der Waals surface area contributed by atoms with E-state index in [2.05, 4.69) is 5.32 Å². The minimum atomic E-state index is -2.29. The van der Waals surface area contributed by atoms with E-state index >= 15 is 0 Å². The third kappa shape index (κ3) is 6.80. The summed E-state index contributed by atoms with van der Waals surface area (Å²) >= 11 is 0.536. The first kappa shape index (κ1) is 31.9. The molecule has 0 aromatic rings. The van der Waals surface area contributed by atoms with E-state index < -0.39 is 96.2 Å². The maximum Gasteiger partial charge on any atom is 1.00 e. The Hall–Kier alpha value is -0.110. The molecule has 10 N–H and O–H groups in total. The molecule has 0 saturated carbocycles. The Kier molecular flexibility index (Phi) is 12.1. The molecular formula is C18H31N2NaO12S. The summed E-state index contributed by atoms with van der Waals surface area (Å²) in [5.41, 5.74) is 6.11. The van der Waals surface area contributed by atoms with Gasteiger partial charge >= 0.3 is 29.6 Å². The number of nitrogens with two attached hydrogens (primary N) is 1. The molecular weight excluding hydrogens is 491 g/mol. The summed E-state index contributed by atoms with van der Waals surface area (Å²) in [5, 5.41) is 82.8. The second kappa shape index (κ2) is 12.9. The molecule has 10 unspecified atom stereocenters. The van der Waals surface area contributed by atoms with Gasteiger partial charge in [0.2, 0.25) is 5.91 Å². The van der Waals surface area contributed by atoms with Crippen molar-refractivity contribution >= 4 is 23.6 Å². The number of carbonyl (C=O) groups excluding carboxylic acids is 2. The molecule has 2 heterocycles. The quantitative estimate of drug-likeness (QED) is 0.134. The number of amides is 1. The van der Waals surface area contributed by atoms with Crippen molar-refractivity contribution in [3.63, 3.8) is 0 Å². The summed E-state index contributed by atoms with van der Waals surface area (Å²) in [6.45, 7) is 1.65. The van der Waals surface area contributed by atoms with Crippen LogP contribution in [-0.4, -0.2) is 126 Å². The van der Waals surface area contributed by atoms with Crippen molar-refractivity contribution in [2.24, 2.45) is 5.73 Å². The fourth-order valence-corrected chi connectivity index (χ4v) is 5.46. The van der Waals surface area contributed by atoms with Crippen LogP contribution in [0.5, 0.6) is 0 Å². The van der Waals surface area contributed by atoms with Crippen molar-refractivity contribution in [2.45, 2.75) is 91.6 Å². The van der Waals surface area contributed by atoms with Crippen LogP contribution in [0.3, 0.4) is 0 Å². The average Bonchev–Trinajstić information content (AvgIpc) is 2.74. The van der Waals surface area contributed by atoms with Crippen molar-refractivity contribution in [2.75, 3.05) is 6.61 Å². The van der Waals surface area contributed by atoms with Crippen LogP contribution >= 0.6 is 11.8 Å². The van der Waals surface area contributed by atoms with Crippen LogP contribution in [0.15, 0.2) is 0 Å². The summed E-state index contributed by atoms with van der Waals surface area (Å²) in [6, 6.07) is -2.27. The zero-order chi connectivity index (χ0) is 25.2. The topological polar surface area (TPSA) is 255 Å². The third-order valence-corrected chi connectivity index (χ3v) is 7.16. The van der Waals surface area contributed by atoms with Crippen molar-refractivity contribution < 1.29 is 89.5 Å². The molecule has 0 spiro atoms. The predicted molar refractivity (Wildman–Crippen MR) is 108 cm³/mol. The Labute approximate surface area is 221 Å². The molecule has 16 heteroatoms. The van der Waals surface area contributed by atoms with E-state index in [1.165, 1.54) is 6.92 Å². The number of aliphatic hydroxyl groups is 7. The van der Waals surface area contributed by atoms with Crippen LogP contribution in [0.2, 0.25) is 0 Å². The molecule has 2 rings (SSSR count). The largest absolute Gasteiger partial charge is 1.00 e. The van der Waals surface area contributed by atoms with Gasteiger partial charge in [-0.05, 0) is 0 Å². The van der Waals surface area contributed by atoms with Gasteiger partial charge in [-0.3, -0.25) is 4.79 Å². The summed E-state index contributed by atoms with van der Waals surface area (Å²) < 4.78 is 10.8. The van der Waals surface area contributed by atoms with E-state index in [1.54, 1.807) is 0 Å². The third-order valence-electron chi connectivity index (χ3n) is 5.71. The van der Waals surface area contributed by atoms with Crippen LogP contribution < -0.4 is 45.7 Å². The molecule has 0 radical (unpaired) electrons. The molecule has 2 aliphatic rings. The molecule has 2 fully saturated rings. The van der Waals surface area contributed by atoms with Crippen LogP contribution in [-0.2, 0) is 19.1 Å². The molecule has 12 atom stereocenters. The van der Waals surface area contributed by atoms with Gasteiger partial charge in [-0.2, -0.15) is 0 Å². The molecule has 0 bridgehead atoms. The molecule has 2 aliphatic heterocycles. The summed E-state index contributed by atoms with van der Waals surface area (Å²) in [5.74, 6) is -2.35. The first-order valence-corrected chi connectivity index (χ1v) is 11.1. The molecule has 0 aromatic heterocycles. The second-order valence-corrected chi connectivity index (χ2v) is 9.88. The first-order chi connectivity index (χ1) is 15.3. The van der Waals surface area contributed by atoms with Crippen molar-refractivity contribution in [3.8, 4) is 0 Å². The number of hydrogen-bond acceptors (Lipinski definition) is 14. The van der Waals surface area contributed by atoms with E-state index in [4.69, 9.17) is 15.2 Å². The first-order valence-electron chi connectivity index (χ1n) is 10.2. The second-order valence-electron chi connectivity index (χ2n) is 8.24. The van der Waals surface area contributed by atoms with Gasteiger partial charge in [0.15, 0.2) is 11.2 Å². The van der Waals surface area contributed by atoms with E-state index in [0.29, 0.717) is 11.8 Å². The standard InChI is InChI=1S/C18H32N2O12S.Na/c1-5(14-12(26)11(25)13(27)16(28)31-14)33-18(17(29)30)3-7(19)9(20-6(2)22)15(32-18)10(24)8(23)4-21;/h5,7-16,21,23-28H,3-4,19H2,1-2H3,(H,20,22)(H,29,30);/q;+1/p-1/t5?,7?,8-,9?,10-,11?,12?,13?,14?,15?,16?,18?;/m1./s1. The Morgan fingerprint density at radius 2 is 1.76 bits per heavy atom. The van der Waals surface area contributed by atoms with Gasteiger partial charge in [-0.15, -0.1) is 11.8 Å². The van der Waals surface area contributed by atoms with Gasteiger partial charge < -0.3 is 66.2 Å². The normalized spacial score (nSPS) is 41.0. The zero-order valence-electron chi connectivity index (χ0n) is 18.9. The fourth-order valence-electron chi connectivity index (χ4n) is 3.95. The number of aliphatic carboxylic acids is 1. The minimum Gasteiger partial charge on any atom is -0.546 e. The smallest absolute Gasteiger partial charge is 0.546 e. The Morgan fingerprint density at radius 1 is 1.18 bits per heavy atom. The van der Waals surface area contributed by atoms with Crippen molar-refractivity contribution in [1.82, 2.24) is 5.32 Å². The molecule has 34 heavy (non-hydrogen) atoms. The monoisotopic (exact) mass is 522 g/mol. The number of carbonyl (C=O) groups is 2. The number of nitrogens with one attached hydrogen (secondary N) is 1. The Bertz CT molecular complexity index is 710. The number of thioether (sulfide) groups is 1. The number of carboxylic acids is 1. The Morgan fingerprint density at radius 3 is 2.26 bits per heavy atom. The van der Waals surface area contributed by atoms with Gasteiger partial charge in [0.25, 0.3) is 0 Å². The molecule has 0 aliphatic carbocycles. The SMILES string of the molecule is CC(=O)NC1C(N)CC(SC(C)C2OC(O)C(O)C(O)C2O)(C(=O)[O-])OC1[C@H](O)[C@H](O)CO.[Na+]. The van der Waals surface area contributed by atoms with E-state index in [0.717, 1.165) is 6.92 Å². The van der Waals surface area contributed by atoms with Crippen LogP contribution in [0, 0.1) is 0 Å². The molecule has 1 amide bonds. The molecule has 2 saturated heterocycles. The maximum absolute atomic E-state index is 12.2. The van der Waals surface area contributed by atoms with E-state index in [9.17, 15) is 50.4 Å². The number of carboxylic acid groups (broad SMARTS) is 1. The number of rotatable bonds is 8. The van der Waals surface area contributed by atoms with Crippen LogP contribution in [0.4, 0.5) is 0 Å². The Balaban J connectivity index is 0.00000578. The van der Waals surface area contributed by atoms with Gasteiger partial charge in [-0.1, -0.05) is 6.92 Å². The fraction of sp³-hybridized carbons (Fsp3) is 0.889. The minimum absolute atomic E-state index is 0. The number of ether oxygens (including phenoxy) is 2. The van der Waals surface area contributed by atoms with Crippen LogP contribution in [0.25, 0.3) is 0 Å². The molecule has 0 aromatic carbocycles. The molecule has 192 valence electrons. The van der Waals surface area contributed by atoms with E-state index in [1.807, 2.05) is 0 Å². The summed E-state index contributed by atoms with van der Waals surface area (Å²) in [7, 11) is 0. The van der Waals surface area contributed by atoms with Crippen LogP contribution in [0.1, 0.15) is 20.3 Å². The van der Waals surface area contributed by atoms with E-state index in [-0.39, 0.29) is 29.6 Å². The molecule has 14 nitrogen and oxygen atoms in total. The maximum atomic E-state index is 12.2. The van der Waals surface area contributed by atoms with Crippen molar-refractivity contribution in [3.05, 3.63) is 0 Å². The summed E-state index contributed by atoms with van der Waals surface area (Å²) in [6.07, 6.45) is -14.2. The van der Waals surface area contributed by atoms with Gasteiger partial charge in [0, 0.05) is 24.6 Å². The average molecular weight is 523 g/mol. The van der Waals surface area contributed by atoms with Gasteiger partial charge in [0.1, 0.15) is 42.7 Å². The summed E-state index contributed by atoms with van der Waals surface area (Å²) in [4.78, 5) is 21.5. The van der Waals surface area contributed by atoms with Gasteiger partial charge in [0.05, 0.1) is 18.6 Å². The predicted octanol–water partition coefficient (Wildman–Crippen LogP) is -9.31. The number of aliphatic hydroxyl groups excluding tert-OH is 7. The van der Waals surface area contributed by atoms with Crippen molar-refractivity contribution in [1.29, 1.82) is 0 Å². The number of hydrogen-bond donors (Lipinski definition) is 9. The zero-order valence-corrected chi connectivity index (χ0v) is 21.7. The van der Waals surface area contributed by atoms with Gasteiger partial charge in [-0.25, -0.2) is 0 Å².